The van der Waals surface area contributed by atoms with Crippen molar-refractivity contribution in [2.45, 2.75) is 150 Å². The van der Waals surface area contributed by atoms with Crippen molar-refractivity contribution in [1.29, 1.82) is 0 Å². The molecule has 1 aliphatic heterocycles. The molecule has 0 aromatic heterocycles. The van der Waals surface area contributed by atoms with E-state index in [-0.39, 0.29) is 17.4 Å². The normalized spacial score (nSPS) is 51.0. The van der Waals surface area contributed by atoms with Gasteiger partial charge in [0.1, 0.15) is 0 Å². The highest BCUT2D eigenvalue weighted by atomic mass is 16.6. The fraction of sp³-hybridized carbons (Fsp3) is 0.971. The lowest BCUT2D eigenvalue weighted by Crippen LogP contribution is -2.57. The first-order valence-electron chi connectivity index (χ1n) is 16.5. The monoisotopic (exact) mass is 561 g/mol. The summed E-state index contributed by atoms with van der Waals surface area (Å²) < 4.78 is 12.4. The van der Waals surface area contributed by atoms with Crippen molar-refractivity contribution >= 4 is 5.97 Å². The molecule has 3 N–H and O–H groups in total. The van der Waals surface area contributed by atoms with Gasteiger partial charge in [0.25, 0.3) is 0 Å². The van der Waals surface area contributed by atoms with Crippen LogP contribution in [0.1, 0.15) is 114 Å². The van der Waals surface area contributed by atoms with Crippen molar-refractivity contribution in [2.24, 2.45) is 51.2 Å². The maximum Gasteiger partial charge on any atom is 0.303 e. The highest BCUT2D eigenvalue weighted by Crippen LogP contribution is 2.87. The predicted octanol–water partition coefficient (Wildman–Crippen LogP) is 5.73. The van der Waals surface area contributed by atoms with Gasteiger partial charge in [0.05, 0.1) is 23.9 Å². The van der Waals surface area contributed by atoms with E-state index in [1.807, 2.05) is 13.8 Å². The van der Waals surface area contributed by atoms with Crippen molar-refractivity contribution in [3.63, 3.8) is 0 Å². The van der Waals surface area contributed by atoms with Crippen LogP contribution in [0, 0.1) is 51.2 Å². The van der Waals surface area contributed by atoms with Crippen molar-refractivity contribution in [3.8, 4) is 0 Å². The fourth-order valence-corrected chi connectivity index (χ4v) is 12.4. The van der Waals surface area contributed by atoms with E-state index in [4.69, 9.17) is 9.47 Å². The van der Waals surface area contributed by atoms with E-state index in [9.17, 15) is 15.0 Å². The number of rotatable bonds is 4. The summed E-state index contributed by atoms with van der Waals surface area (Å²) >= 11 is 0. The standard InChI is InChI=1S/C32H53NO5.C2H6/c1-17-15-20(27(29(5,6)36)37-18(2)34)38-26-23(17)30(7)13-14-31-16-32(31)12-11-22(33-8)28(3,4)21(32)10-9-19(31)24(30)25(26)35;1-2/h17,19-27,33,35-36H,9-16H2,1-8H3;1-2H3/t17-,19+,20-,21+,22+,23?,24?,25-,26?,27+,30-,31+,32-;/m1./s1. The number of hydrogen-bond donors (Lipinski definition) is 3. The zero-order valence-electron chi connectivity index (χ0n) is 27.0. The second-order valence-electron chi connectivity index (χ2n) is 16.0. The highest BCUT2D eigenvalue weighted by molar-refractivity contribution is 5.66. The van der Waals surface area contributed by atoms with E-state index >= 15 is 0 Å². The SMILES string of the molecule is CC.CN[C@H]1CC[C@]23C[C@]24CC[C@]2(C)C5C(O[C@@H]([C@H](OC(C)=O)C(C)(C)O)C[C@H]5C)[C@H](O)C2[C@@H]4CC[C@H]3C1(C)C. The third-order valence-corrected chi connectivity index (χ3v) is 13.7. The summed E-state index contributed by atoms with van der Waals surface area (Å²) in [6.45, 7) is 18.5. The molecule has 5 saturated carbocycles. The lowest BCUT2D eigenvalue weighted by atomic mass is 9.45. The predicted molar refractivity (Wildman–Crippen MR) is 158 cm³/mol. The minimum Gasteiger partial charge on any atom is -0.457 e. The number of esters is 1. The Morgan fingerprint density at radius 1 is 1.05 bits per heavy atom. The van der Waals surface area contributed by atoms with Gasteiger partial charge >= 0.3 is 5.97 Å². The van der Waals surface area contributed by atoms with Gasteiger partial charge in [-0.15, -0.1) is 0 Å². The van der Waals surface area contributed by atoms with E-state index in [1.54, 1.807) is 13.8 Å². The van der Waals surface area contributed by atoms with Crippen LogP contribution in [0.4, 0.5) is 0 Å². The van der Waals surface area contributed by atoms with Gasteiger partial charge in [-0.25, -0.2) is 0 Å². The van der Waals surface area contributed by atoms with Crippen LogP contribution in [0.3, 0.4) is 0 Å². The Balaban J connectivity index is 0.00000158. The maximum absolute atomic E-state index is 12.1. The molecule has 2 spiro atoms. The fourth-order valence-electron chi connectivity index (χ4n) is 12.4. The van der Waals surface area contributed by atoms with E-state index in [1.165, 1.54) is 51.9 Å². The molecule has 6 fully saturated rings. The summed E-state index contributed by atoms with van der Waals surface area (Å²) in [5.74, 6) is 1.79. The Morgan fingerprint density at radius 3 is 2.33 bits per heavy atom. The van der Waals surface area contributed by atoms with Gasteiger partial charge in [-0.3, -0.25) is 4.79 Å². The number of hydrogen-bond acceptors (Lipinski definition) is 6. The van der Waals surface area contributed by atoms with Crippen molar-refractivity contribution in [2.75, 3.05) is 7.05 Å². The van der Waals surface area contributed by atoms with E-state index in [2.05, 4.69) is 40.1 Å². The summed E-state index contributed by atoms with van der Waals surface area (Å²) in [6, 6.07) is 0.591. The number of aliphatic hydroxyl groups is 2. The van der Waals surface area contributed by atoms with Gasteiger partial charge < -0.3 is 25.0 Å². The Hall–Kier alpha value is -0.690. The molecule has 230 valence electrons. The number of ether oxygens (including phenoxy) is 2. The first kappa shape index (κ1) is 30.8. The molecule has 0 aromatic rings. The summed E-state index contributed by atoms with van der Waals surface area (Å²) in [5, 5.41) is 26.7. The van der Waals surface area contributed by atoms with Crippen LogP contribution in [-0.4, -0.2) is 59.3 Å². The quantitative estimate of drug-likeness (QED) is 0.380. The summed E-state index contributed by atoms with van der Waals surface area (Å²) in [7, 11) is 2.14. The second kappa shape index (κ2) is 9.92. The molecule has 0 bridgehead atoms. The molecule has 5 aliphatic carbocycles. The van der Waals surface area contributed by atoms with Gasteiger partial charge in [-0.05, 0) is 124 Å². The van der Waals surface area contributed by atoms with Crippen LogP contribution in [-0.2, 0) is 14.3 Å². The average Bonchev–Trinajstić information content (AvgIpc) is 3.48. The largest absolute Gasteiger partial charge is 0.457 e. The maximum atomic E-state index is 12.1. The molecule has 6 rings (SSSR count). The zero-order valence-corrected chi connectivity index (χ0v) is 27.0. The van der Waals surface area contributed by atoms with Crippen LogP contribution in [0.25, 0.3) is 0 Å². The van der Waals surface area contributed by atoms with Gasteiger partial charge in [-0.1, -0.05) is 41.5 Å². The molecule has 6 nitrogen and oxygen atoms in total. The Labute approximate surface area is 243 Å². The molecular formula is C34H59NO5. The lowest BCUT2D eigenvalue weighted by Gasteiger charge is -2.60. The minimum absolute atomic E-state index is 0.0599. The molecule has 1 heterocycles. The van der Waals surface area contributed by atoms with Crippen LogP contribution >= 0.6 is 0 Å². The number of fused-ring (bicyclic) bond motifs is 4. The van der Waals surface area contributed by atoms with Crippen LogP contribution in [0.2, 0.25) is 0 Å². The van der Waals surface area contributed by atoms with Crippen molar-refractivity contribution < 1.29 is 24.5 Å². The van der Waals surface area contributed by atoms with Gasteiger partial charge in [0, 0.05) is 13.0 Å². The molecule has 40 heavy (non-hydrogen) atoms. The summed E-state index contributed by atoms with van der Waals surface area (Å²) in [6.07, 6.45) is 7.73. The van der Waals surface area contributed by atoms with Crippen molar-refractivity contribution in [1.82, 2.24) is 5.32 Å². The van der Waals surface area contributed by atoms with Gasteiger partial charge in [0.2, 0.25) is 0 Å². The molecule has 6 heteroatoms. The number of aliphatic hydroxyl groups excluding tert-OH is 1. The van der Waals surface area contributed by atoms with E-state index < -0.39 is 29.9 Å². The Morgan fingerprint density at radius 2 is 1.73 bits per heavy atom. The summed E-state index contributed by atoms with van der Waals surface area (Å²) in [5.41, 5.74) is -0.00799. The number of nitrogens with one attached hydrogen (secondary N) is 1. The third kappa shape index (κ3) is 4.04. The molecule has 3 unspecified atom stereocenters. The van der Waals surface area contributed by atoms with E-state index in [0.29, 0.717) is 40.0 Å². The van der Waals surface area contributed by atoms with E-state index in [0.717, 1.165) is 12.3 Å². The average molecular weight is 562 g/mol. The molecule has 0 aromatic carbocycles. The number of carbonyl (C=O) groups is 1. The topological polar surface area (TPSA) is 88.0 Å². The first-order valence-corrected chi connectivity index (χ1v) is 16.5. The Bertz CT molecular complexity index is 976. The van der Waals surface area contributed by atoms with Crippen molar-refractivity contribution in [3.05, 3.63) is 0 Å². The summed E-state index contributed by atoms with van der Waals surface area (Å²) in [4.78, 5) is 11.9. The molecule has 0 amide bonds. The van der Waals surface area contributed by atoms with Crippen LogP contribution in [0.5, 0.6) is 0 Å². The van der Waals surface area contributed by atoms with Crippen LogP contribution in [0.15, 0.2) is 0 Å². The molecular weight excluding hydrogens is 502 g/mol. The number of carbonyl (C=O) groups excluding carboxylic acids is 1. The molecule has 6 aliphatic rings. The first-order chi connectivity index (χ1) is 18.6. The molecule has 13 atom stereocenters. The third-order valence-electron chi connectivity index (χ3n) is 13.7. The minimum atomic E-state index is -1.22. The smallest absolute Gasteiger partial charge is 0.303 e. The molecule has 1 saturated heterocycles. The Kier molecular flexibility index (Phi) is 7.63. The lowest BCUT2D eigenvalue weighted by molar-refractivity contribution is -0.215. The molecule has 0 radical (unpaired) electrons. The highest BCUT2D eigenvalue weighted by Gasteiger charge is 2.81. The van der Waals surface area contributed by atoms with Crippen LogP contribution < -0.4 is 5.32 Å². The zero-order chi connectivity index (χ0) is 29.6. The second-order valence-corrected chi connectivity index (χ2v) is 16.0. The van der Waals surface area contributed by atoms with Gasteiger partial charge in [-0.2, -0.15) is 0 Å². The van der Waals surface area contributed by atoms with Gasteiger partial charge in [0.15, 0.2) is 6.10 Å².